The van der Waals surface area contributed by atoms with Crippen molar-refractivity contribution in [2.75, 3.05) is 25.3 Å². The molecule has 2 amide bonds. The molecule has 0 aliphatic rings. The van der Waals surface area contributed by atoms with E-state index in [1.807, 2.05) is 0 Å². The summed E-state index contributed by atoms with van der Waals surface area (Å²) in [5.41, 5.74) is 3.16. The predicted octanol–water partition coefficient (Wildman–Crippen LogP) is 7.11. The second kappa shape index (κ2) is 22.8. The van der Waals surface area contributed by atoms with Gasteiger partial charge in [-0.15, -0.1) is 0 Å². The normalized spacial score (nSPS) is 13.0. The monoisotopic (exact) mass is 1040 g/mol. The van der Waals surface area contributed by atoms with Gasteiger partial charge in [0, 0.05) is 31.9 Å². The van der Waals surface area contributed by atoms with E-state index in [1.54, 1.807) is 18.6 Å². The lowest BCUT2D eigenvalue weighted by molar-refractivity contribution is -0.144. The number of esters is 1. The number of amides is 2. The quantitative estimate of drug-likeness (QED) is 0.0507. The largest absolute Gasteiger partial charge is 0.480 e. The summed E-state index contributed by atoms with van der Waals surface area (Å²) in [6.45, 7) is 5.91. The number of carboxylic acid groups (broad SMARTS) is 1. The Balaban J connectivity index is 0.000000360. The van der Waals surface area contributed by atoms with Crippen molar-refractivity contribution < 1.29 is 77.6 Å². The maximum atomic E-state index is 14.3. The van der Waals surface area contributed by atoms with Gasteiger partial charge in [-0.05, 0) is 73.3 Å². The molecular formula is C35H40BrClF7N8O10PS. The van der Waals surface area contributed by atoms with E-state index in [-0.39, 0.29) is 57.8 Å². The van der Waals surface area contributed by atoms with Gasteiger partial charge < -0.3 is 25.2 Å². The van der Waals surface area contributed by atoms with Gasteiger partial charge in [0.05, 0.1) is 33.2 Å². The first-order valence-electron chi connectivity index (χ1n) is 17.8. The van der Waals surface area contributed by atoms with Crippen LogP contribution in [0.1, 0.15) is 54.1 Å². The number of rotatable bonds is 13. The topological polar surface area (TPSA) is 268 Å². The Bertz CT molecular complexity index is 2480. The zero-order valence-corrected chi connectivity index (χ0v) is 38.2. The number of aromatic nitrogens is 5. The molecule has 354 valence electrons. The predicted molar refractivity (Wildman–Crippen MR) is 219 cm³/mol. The molecule has 4 rings (SSSR count). The summed E-state index contributed by atoms with van der Waals surface area (Å²) in [4.78, 5) is 53.8. The number of urea groups is 1. The van der Waals surface area contributed by atoms with Crippen molar-refractivity contribution in [1.82, 2.24) is 29.5 Å². The Morgan fingerprint density at radius 3 is 2.20 bits per heavy atom. The minimum Gasteiger partial charge on any atom is -0.480 e. The molecule has 2 unspecified atom stereocenters. The van der Waals surface area contributed by atoms with Gasteiger partial charge in [0.25, 0.3) is 10.0 Å². The van der Waals surface area contributed by atoms with Crippen LogP contribution in [0.3, 0.4) is 0 Å². The average molecular weight is 1040 g/mol. The molecule has 0 aliphatic heterocycles. The van der Waals surface area contributed by atoms with Crippen LogP contribution in [-0.2, 0) is 43.8 Å². The Morgan fingerprint density at radius 1 is 1.08 bits per heavy atom. The summed E-state index contributed by atoms with van der Waals surface area (Å²) in [6.07, 6.45) is -11.3. The van der Waals surface area contributed by atoms with Crippen molar-refractivity contribution >= 4 is 68.8 Å². The van der Waals surface area contributed by atoms with Crippen LogP contribution in [0.4, 0.5) is 41.5 Å². The van der Waals surface area contributed by atoms with Crippen molar-refractivity contribution in [2.45, 2.75) is 69.4 Å². The van der Waals surface area contributed by atoms with Gasteiger partial charge in [-0.2, -0.15) is 46.4 Å². The minimum absolute atomic E-state index is 0.0412. The van der Waals surface area contributed by atoms with Gasteiger partial charge >= 0.3 is 36.3 Å². The molecule has 0 saturated heterocycles. The SMILES string of the molecule is CC(C)OC(=O)c1cc(-c2nn(C)c(C(F)(F)F)c2Br)c(F)cc1Cl.COc1nc(C)nc(NC(=O)NS(=O)(=O)c2ccccc2CCC(F)(F)F)n1.CP(=O)(O)CCC(N)C(=O)O. The molecule has 29 heteroatoms. The number of hydrogen-bond acceptors (Lipinski definition) is 13. The number of nitrogens with two attached hydrogens (primary N) is 1. The second-order valence-electron chi connectivity index (χ2n) is 13.4. The molecule has 0 spiro atoms. The van der Waals surface area contributed by atoms with Crippen LogP contribution in [-0.4, -0.2) is 99.4 Å². The lowest BCUT2D eigenvalue weighted by Gasteiger charge is -2.13. The van der Waals surface area contributed by atoms with E-state index >= 15 is 0 Å². The maximum Gasteiger partial charge on any atom is 0.434 e. The number of aliphatic carboxylic acids is 1. The molecule has 0 aliphatic carbocycles. The lowest BCUT2D eigenvalue weighted by Crippen LogP contribution is -2.35. The fourth-order valence-electron chi connectivity index (χ4n) is 4.80. The number of nitrogens with zero attached hydrogens (tertiary/aromatic N) is 5. The van der Waals surface area contributed by atoms with E-state index in [9.17, 15) is 58.1 Å². The number of carboxylic acids is 1. The number of aryl methyl sites for hydroxylation is 3. The summed E-state index contributed by atoms with van der Waals surface area (Å²) in [5.74, 6) is -2.92. The number of carbonyl (C=O) groups is 3. The number of hydrogen-bond donors (Lipinski definition) is 5. The standard InChI is InChI=1S/C15H12BrClF4N2O2.C15H16F3N5O4S.C5H12NO4P/c1-6(2)25-14(24)7-4-8(10(18)5-9(7)17)12-11(16)13(15(19,20)21)23(3)22-12;1-9-19-12(22-14(20-9)27-2)21-13(24)23-28(25,26)11-6-4-3-5-10(11)7-8-15(16,17)18;1-11(9,10)3-2-4(6)5(7)8/h4-6H,1-3H3;3-6H,7-8H2,1-2H3,(H2,19,20,21,22,23,24);4H,2-3,6H2,1H3,(H,7,8)(H,9,10). The molecule has 0 saturated carbocycles. The van der Waals surface area contributed by atoms with Gasteiger partial charge in [-0.3, -0.25) is 19.4 Å². The Hall–Kier alpha value is -4.95. The fraction of sp³-hybridized carbons (Fsp3) is 0.400. The van der Waals surface area contributed by atoms with Crippen molar-refractivity contribution in [1.29, 1.82) is 0 Å². The van der Waals surface area contributed by atoms with Crippen LogP contribution in [0, 0.1) is 12.7 Å². The molecule has 2 aromatic carbocycles. The number of ether oxygens (including phenoxy) is 2. The zero-order chi connectivity index (χ0) is 49.1. The highest BCUT2D eigenvalue weighted by molar-refractivity contribution is 9.10. The first kappa shape index (κ1) is 55.2. The van der Waals surface area contributed by atoms with Crippen molar-refractivity contribution in [2.24, 2.45) is 12.8 Å². The van der Waals surface area contributed by atoms with Crippen molar-refractivity contribution in [3.63, 3.8) is 0 Å². The van der Waals surface area contributed by atoms with Gasteiger partial charge in [0.1, 0.15) is 23.4 Å². The summed E-state index contributed by atoms with van der Waals surface area (Å²) in [7, 11) is -5.16. The Kier molecular flexibility index (Phi) is 19.7. The molecule has 2 atom stereocenters. The van der Waals surface area contributed by atoms with Gasteiger partial charge in [-0.1, -0.05) is 29.8 Å². The van der Waals surface area contributed by atoms with Gasteiger partial charge in [0.2, 0.25) is 5.95 Å². The summed E-state index contributed by atoms with van der Waals surface area (Å²) < 4.78 is 138. The third-order valence-corrected chi connectivity index (χ3v) is 11.2. The number of nitrogens with one attached hydrogen (secondary N) is 2. The average Bonchev–Trinajstić information content (AvgIpc) is 3.45. The molecule has 2 aromatic heterocycles. The Labute approximate surface area is 373 Å². The van der Waals surface area contributed by atoms with Crippen LogP contribution in [0.2, 0.25) is 5.02 Å². The molecule has 64 heavy (non-hydrogen) atoms. The van der Waals surface area contributed by atoms with Crippen molar-refractivity contribution in [3.05, 3.63) is 74.4 Å². The number of halogens is 9. The second-order valence-corrected chi connectivity index (χ2v) is 18.8. The van der Waals surface area contributed by atoms with Crippen LogP contribution in [0.5, 0.6) is 6.01 Å². The first-order chi connectivity index (χ1) is 29.3. The van der Waals surface area contributed by atoms with Crippen LogP contribution < -0.4 is 20.5 Å². The zero-order valence-electron chi connectivity index (χ0n) is 34.2. The minimum atomic E-state index is -4.69. The molecule has 2 heterocycles. The Morgan fingerprint density at radius 2 is 1.69 bits per heavy atom. The molecule has 6 N–H and O–H groups in total. The number of anilines is 1. The molecule has 0 bridgehead atoms. The molecular weight excluding hydrogens is 1000 g/mol. The highest BCUT2D eigenvalue weighted by atomic mass is 79.9. The highest BCUT2D eigenvalue weighted by Gasteiger charge is 2.39. The van der Waals surface area contributed by atoms with Gasteiger partial charge in [0.15, 0.2) is 13.1 Å². The van der Waals surface area contributed by atoms with Crippen LogP contribution in [0.25, 0.3) is 11.3 Å². The van der Waals surface area contributed by atoms with E-state index in [0.29, 0.717) is 4.68 Å². The van der Waals surface area contributed by atoms with Crippen LogP contribution in [0.15, 0.2) is 45.8 Å². The van der Waals surface area contributed by atoms with E-state index < -0.39 is 93.6 Å². The maximum absolute atomic E-state index is 14.3. The molecule has 0 radical (unpaired) electrons. The van der Waals surface area contributed by atoms with Crippen molar-refractivity contribution in [3.8, 4) is 17.3 Å². The summed E-state index contributed by atoms with van der Waals surface area (Å²) in [6, 6.07) is 4.64. The van der Waals surface area contributed by atoms with E-state index in [0.717, 1.165) is 25.2 Å². The smallest absolute Gasteiger partial charge is 0.434 e. The number of benzene rings is 2. The summed E-state index contributed by atoms with van der Waals surface area (Å²) in [5, 5.41) is 13.9. The lowest BCUT2D eigenvalue weighted by atomic mass is 10.1. The number of alkyl halides is 6. The number of methoxy groups -OCH3 is 1. The highest BCUT2D eigenvalue weighted by Crippen LogP contribution is 2.41. The fourth-order valence-corrected chi connectivity index (χ4v) is 7.74. The van der Waals surface area contributed by atoms with Gasteiger partial charge in [-0.25, -0.2) is 27.1 Å². The third kappa shape index (κ3) is 17.6. The van der Waals surface area contributed by atoms with E-state index in [2.05, 4.69) is 41.3 Å². The third-order valence-electron chi connectivity index (χ3n) is 7.61. The number of carbonyl (C=O) groups excluding carboxylic acids is 2. The molecule has 4 aromatic rings. The summed E-state index contributed by atoms with van der Waals surface area (Å²) >= 11 is 8.67. The molecule has 0 fully saturated rings. The van der Waals surface area contributed by atoms with E-state index in [4.69, 9.17) is 36.8 Å². The number of sulfonamides is 1. The van der Waals surface area contributed by atoms with Crippen LogP contribution >= 0.6 is 34.9 Å². The molecule has 18 nitrogen and oxygen atoms in total. The van der Waals surface area contributed by atoms with E-state index in [1.165, 1.54) is 38.9 Å². The first-order valence-corrected chi connectivity index (χ1v) is 22.7.